The molecule has 0 bridgehead atoms. The van der Waals surface area contributed by atoms with Crippen LogP contribution in [0.3, 0.4) is 0 Å². The van der Waals surface area contributed by atoms with E-state index in [0.717, 1.165) is 31.6 Å². The van der Waals surface area contributed by atoms with Crippen molar-refractivity contribution in [2.45, 2.75) is 30.6 Å². The number of carbonyl (C=O) groups is 1. The van der Waals surface area contributed by atoms with Gasteiger partial charge < -0.3 is 10.0 Å². The first-order valence-electron chi connectivity index (χ1n) is 6.92. The third-order valence-electron chi connectivity index (χ3n) is 4.09. The van der Waals surface area contributed by atoms with E-state index in [1.54, 1.807) is 11.8 Å². The van der Waals surface area contributed by atoms with Gasteiger partial charge in [0.25, 0.3) is 0 Å². The van der Waals surface area contributed by atoms with Crippen LogP contribution in [0, 0.1) is 0 Å². The average molecular weight is 277 g/mol. The minimum absolute atomic E-state index is 0.0298. The lowest BCUT2D eigenvalue weighted by Gasteiger charge is -2.31. The first-order chi connectivity index (χ1) is 9.31. The van der Waals surface area contributed by atoms with Crippen LogP contribution in [0.25, 0.3) is 0 Å². The Balaban J connectivity index is 1.85. The largest absolute Gasteiger partial charge is 0.394 e. The Bertz CT molecular complexity index is 477. The molecule has 1 fully saturated rings. The fourth-order valence-corrected chi connectivity index (χ4v) is 4.33. The maximum atomic E-state index is 12.7. The normalized spacial score (nSPS) is 26.3. The first kappa shape index (κ1) is 13.0. The summed E-state index contributed by atoms with van der Waals surface area (Å²) in [5.74, 6) is 1.19. The van der Waals surface area contributed by atoms with Gasteiger partial charge in [-0.05, 0) is 36.1 Å². The summed E-state index contributed by atoms with van der Waals surface area (Å²) < 4.78 is 0. The molecule has 1 aromatic carbocycles. The van der Waals surface area contributed by atoms with Crippen molar-refractivity contribution in [3.8, 4) is 0 Å². The van der Waals surface area contributed by atoms with Crippen molar-refractivity contribution in [3.05, 3.63) is 35.4 Å². The quantitative estimate of drug-likeness (QED) is 0.899. The number of benzene rings is 1. The fraction of sp³-hybridized carbons (Fsp3) is 0.533. The van der Waals surface area contributed by atoms with Gasteiger partial charge in [0.15, 0.2) is 0 Å². The van der Waals surface area contributed by atoms with Gasteiger partial charge >= 0.3 is 0 Å². The number of aliphatic hydroxyl groups is 1. The summed E-state index contributed by atoms with van der Waals surface area (Å²) in [5.41, 5.74) is 2.48. The number of hydrogen-bond donors (Lipinski definition) is 1. The van der Waals surface area contributed by atoms with Crippen LogP contribution < -0.4 is 0 Å². The van der Waals surface area contributed by atoms with E-state index in [-0.39, 0.29) is 23.8 Å². The molecule has 1 aromatic rings. The minimum Gasteiger partial charge on any atom is -0.394 e. The van der Waals surface area contributed by atoms with Crippen molar-refractivity contribution in [3.63, 3.8) is 0 Å². The van der Waals surface area contributed by atoms with Crippen molar-refractivity contribution in [2.75, 3.05) is 18.9 Å². The SMILES string of the molecule is O=C([C@@H]1SCCc2ccccc21)N1CCC[C@H]1CO. The molecule has 1 amide bonds. The maximum Gasteiger partial charge on any atom is 0.240 e. The lowest BCUT2D eigenvalue weighted by molar-refractivity contribution is -0.132. The molecule has 2 atom stereocenters. The zero-order valence-electron chi connectivity index (χ0n) is 10.9. The van der Waals surface area contributed by atoms with E-state index >= 15 is 0 Å². The van der Waals surface area contributed by atoms with Crippen molar-refractivity contribution >= 4 is 17.7 Å². The van der Waals surface area contributed by atoms with Crippen LogP contribution in [0.15, 0.2) is 24.3 Å². The number of aliphatic hydroxyl groups excluding tert-OH is 1. The van der Waals surface area contributed by atoms with Gasteiger partial charge in [0.05, 0.1) is 12.6 Å². The lowest BCUT2D eigenvalue weighted by Crippen LogP contribution is -2.40. The topological polar surface area (TPSA) is 40.5 Å². The van der Waals surface area contributed by atoms with E-state index in [1.165, 1.54) is 11.1 Å². The Morgan fingerprint density at radius 3 is 3.11 bits per heavy atom. The number of aryl methyl sites for hydroxylation is 1. The molecule has 1 N–H and O–H groups in total. The number of thioether (sulfide) groups is 1. The van der Waals surface area contributed by atoms with E-state index in [9.17, 15) is 9.90 Å². The molecule has 4 heteroatoms. The number of hydrogen-bond acceptors (Lipinski definition) is 3. The first-order valence-corrected chi connectivity index (χ1v) is 7.97. The summed E-state index contributed by atoms with van der Waals surface area (Å²) >= 11 is 1.74. The Hall–Kier alpha value is -1.00. The van der Waals surface area contributed by atoms with Gasteiger partial charge in [-0.3, -0.25) is 4.79 Å². The van der Waals surface area contributed by atoms with Gasteiger partial charge in [-0.15, -0.1) is 11.8 Å². The fourth-order valence-electron chi connectivity index (χ4n) is 3.06. The van der Waals surface area contributed by atoms with Crippen LogP contribution in [-0.2, 0) is 11.2 Å². The van der Waals surface area contributed by atoms with Gasteiger partial charge in [-0.2, -0.15) is 0 Å². The Morgan fingerprint density at radius 1 is 1.42 bits per heavy atom. The highest BCUT2D eigenvalue weighted by atomic mass is 32.2. The number of rotatable bonds is 2. The van der Waals surface area contributed by atoms with E-state index in [4.69, 9.17) is 0 Å². The number of fused-ring (bicyclic) bond motifs is 1. The third kappa shape index (κ3) is 2.39. The van der Waals surface area contributed by atoms with Gasteiger partial charge in [-0.25, -0.2) is 0 Å². The zero-order chi connectivity index (χ0) is 13.2. The molecule has 3 rings (SSSR count). The molecule has 0 radical (unpaired) electrons. The Kier molecular flexibility index (Phi) is 3.80. The van der Waals surface area contributed by atoms with Gasteiger partial charge in [0.1, 0.15) is 5.25 Å². The van der Waals surface area contributed by atoms with E-state index in [2.05, 4.69) is 12.1 Å². The Labute approximate surface area is 118 Å². The molecule has 0 spiro atoms. The van der Waals surface area contributed by atoms with Crippen LogP contribution in [-0.4, -0.2) is 40.9 Å². The summed E-state index contributed by atoms with van der Waals surface area (Å²) in [4.78, 5) is 14.6. The summed E-state index contributed by atoms with van der Waals surface area (Å²) in [6, 6.07) is 8.29. The van der Waals surface area contributed by atoms with Gasteiger partial charge in [0, 0.05) is 6.54 Å². The molecule has 2 aliphatic rings. The van der Waals surface area contributed by atoms with Gasteiger partial charge in [-0.1, -0.05) is 24.3 Å². The summed E-state index contributed by atoms with van der Waals surface area (Å²) in [6.45, 7) is 0.883. The van der Waals surface area contributed by atoms with Gasteiger partial charge in [0.2, 0.25) is 5.91 Å². The van der Waals surface area contributed by atoms with Crippen LogP contribution in [0.4, 0.5) is 0 Å². The number of carbonyl (C=O) groups excluding carboxylic acids is 1. The molecular weight excluding hydrogens is 258 g/mol. The molecule has 3 nitrogen and oxygen atoms in total. The van der Waals surface area contributed by atoms with E-state index in [1.807, 2.05) is 17.0 Å². The predicted octanol–water partition coefficient (Wildman–Crippen LogP) is 2.00. The van der Waals surface area contributed by atoms with Crippen molar-refractivity contribution in [1.82, 2.24) is 4.90 Å². The van der Waals surface area contributed by atoms with Crippen LogP contribution in [0.2, 0.25) is 0 Å². The average Bonchev–Trinajstić information content (AvgIpc) is 2.94. The Morgan fingerprint density at radius 2 is 2.26 bits per heavy atom. The van der Waals surface area contributed by atoms with Crippen molar-refractivity contribution in [1.29, 1.82) is 0 Å². The molecule has 2 aliphatic heterocycles. The highest BCUT2D eigenvalue weighted by Crippen LogP contribution is 2.39. The third-order valence-corrected chi connectivity index (χ3v) is 5.32. The van der Waals surface area contributed by atoms with Crippen molar-refractivity contribution in [2.24, 2.45) is 0 Å². The number of nitrogens with zero attached hydrogens (tertiary/aromatic N) is 1. The van der Waals surface area contributed by atoms with Crippen LogP contribution >= 0.6 is 11.8 Å². The number of likely N-dealkylation sites (tertiary alicyclic amines) is 1. The van der Waals surface area contributed by atoms with E-state index in [0.29, 0.717) is 0 Å². The summed E-state index contributed by atoms with van der Waals surface area (Å²) in [7, 11) is 0. The summed E-state index contributed by atoms with van der Waals surface area (Å²) in [6.07, 6.45) is 2.99. The molecule has 0 aromatic heterocycles. The highest BCUT2D eigenvalue weighted by Gasteiger charge is 2.35. The molecule has 19 heavy (non-hydrogen) atoms. The minimum atomic E-state index is -0.0721. The van der Waals surface area contributed by atoms with E-state index < -0.39 is 0 Å². The standard InChI is InChI=1S/C15H19NO2S/c17-10-12-5-3-8-16(12)15(18)14-13-6-2-1-4-11(13)7-9-19-14/h1-2,4,6,12,14,17H,3,5,7-10H2/t12-,14+/m0/s1. The maximum absolute atomic E-state index is 12.7. The summed E-state index contributed by atoms with van der Waals surface area (Å²) in [5, 5.41) is 9.31. The van der Waals surface area contributed by atoms with Crippen LogP contribution in [0.5, 0.6) is 0 Å². The molecular formula is C15H19NO2S. The molecule has 102 valence electrons. The zero-order valence-corrected chi connectivity index (χ0v) is 11.7. The predicted molar refractivity (Wildman–Crippen MR) is 77.2 cm³/mol. The highest BCUT2D eigenvalue weighted by molar-refractivity contribution is 8.00. The second-order valence-electron chi connectivity index (χ2n) is 5.21. The lowest BCUT2D eigenvalue weighted by atomic mass is 10.0. The smallest absolute Gasteiger partial charge is 0.240 e. The second kappa shape index (κ2) is 5.55. The van der Waals surface area contributed by atoms with Crippen molar-refractivity contribution < 1.29 is 9.90 Å². The molecule has 0 unspecified atom stereocenters. The molecule has 0 aliphatic carbocycles. The molecule has 2 heterocycles. The second-order valence-corrected chi connectivity index (χ2v) is 6.42. The van der Waals surface area contributed by atoms with Crippen LogP contribution in [0.1, 0.15) is 29.2 Å². The molecule has 0 saturated carbocycles. The molecule has 1 saturated heterocycles. The monoisotopic (exact) mass is 277 g/mol. The number of amides is 1.